The lowest BCUT2D eigenvalue weighted by atomic mass is 9.97. The Hall–Kier alpha value is -7.10. The quantitative estimate of drug-likeness (QED) is 0.0144. The summed E-state index contributed by atoms with van der Waals surface area (Å²) in [6.45, 7) is 4.79. The van der Waals surface area contributed by atoms with Gasteiger partial charge in [0.25, 0.3) is 0 Å². The molecule has 750 valence electrons. The molecule has 0 aliphatic carbocycles. The van der Waals surface area contributed by atoms with Crippen molar-refractivity contribution >= 4 is 37.4 Å². The Morgan fingerprint density at radius 1 is 0.447 bits per heavy atom. The fraction of sp³-hybridized carbons (Fsp3) is 0.831. The average molecular weight is 1910 g/mol. The summed E-state index contributed by atoms with van der Waals surface area (Å²) in [4.78, 5) is 77.7. The number of phosphoric acid groups is 1. The summed E-state index contributed by atoms with van der Waals surface area (Å²) < 4.78 is 110. The van der Waals surface area contributed by atoms with Crippen molar-refractivity contribution in [3.8, 4) is 0 Å². The van der Waals surface area contributed by atoms with E-state index in [0.29, 0.717) is 74.3 Å². The number of hydrogen-bond donors (Lipinski definition) is 18. The Morgan fingerprint density at radius 2 is 0.788 bits per heavy atom. The Labute approximate surface area is 760 Å². The molecule has 24 atom stereocenters. The van der Waals surface area contributed by atoms with Crippen LogP contribution in [0.25, 0.3) is 0 Å². The van der Waals surface area contributed by atoms with Crippen LogP contribution in [0.2, 0.25) is 0 Å². The summed E-state index contributed by atoms with van der Waals surface area (Å²) in [5, 5.41) is 173. The van der Waals surface area contributed by atoms with Gasteiger partial charge in [0.2, 0.25) is 29.5 Å². The number of hydrogen-bond acceptors (Lipinski definition) is 44. The van der Waals surface area contributed by atoms with Gasteiger partial charge in [0.05, 0.1) is 174 Å². The molecule has 5 saturated heterocycles. The van der Waals surface area contributed by atoms with Crippen LogP contribution >= 0.6 is 7.82 Å². The molecule has 9 rings (SSSR count). The molecule has 132 heavy (non-hydrogen) atoms. The Balaban J connectivity index is 0.893. The van der Waals surface area contributed by atoms with Crippen LogP contribution in [0.1, 0.15) is 102 Å². The summed E-state index contributed by atoms with van der Waals surface area (Å²) >= 11 is 0. The summed E-state index contributed by atoms with van der Waals surface area (Å²) in [6.07, 6.45) is -12.9. The zero-order chi connectivity index (χ0) is 95.2. The molecule has 5 aliphatic heterocycles. The maximum absolute atomic E-state index is 15.2. The fourth-order valence-corrected chi connectivity index (χ4v) is 16.1. The van der Waals surface area contributed by atoms with Gasteiger partial charge in [0.1, 0.15) is 104 Å². The number of rotatable bonds is 62. The van der Waals surface area contributed by atoms with Crippen molar-refractivity contribution in [3.63, 3.8) is 0 Å². The van der Waals surface area contributed by atoms with Crippen LogP contribution in [0, 0.1) is 0 Å². The van der Waals surface area contributed by atoms with E-state index < -0.39 is 199 Å². The monoisotopic (exact) mass is 1910 g/mol. The zero-order valence-electron chi connectivity index (χ0n) is 74.5. The number of aliphatic hydroxyl groups is 12. The minimum atomic E-state index is -4.46. The van der Waals surface area contributed by atoms with Crippen molar-refractivity contribution in [1.29, 1.82) is 0 Å². The summed E-state index contributed by atoms with van der Waals surface area (Å²) in [5.41, 5.74) is 1.99. The van der Waals surface area contributed by atoms with E-state index in [9.17, 15) is 89.9 Å². The first-order valence-electron chi connectivity index (χ1n) is 43.9. The molecule has 5 aliphatic rings. The topological polar surface area (TPSA) is 703 Å². The van der Waals surface area contributed by atoms with E-state index in [4.69, 9.17) is 75.4 Å². The molecule has 0 bridgehead atoms. The predicted octanol–water partition coefficient (Wildman–Crippen LogP) is -9.22. The molecule has 5 fully saturated rings. The van der Waals surface area contributed by atoms with Crippen LogP contribution in [-0.4, -0.2) is 446 Å². The first-order chi connectivity index (χ1) is 63.5. The second kappa shape index (κ2) is 56.6. The highest BCUT2D eigenvalue weighted by molar-refractivity contribution is 7.47. The van der Waals surface area contributed by atoms with Crippen LogP contribution in [0.4, 0.5) is 0 Å². The van der Waals surface area contributed by atoms with E-state index in [1.54, 1.807) is 43.5 Å². The van der Waals surface area contributed by atoms with E-state index in [1.165, 1.54) is 34.8 Å². The highest BCUT2D eigenvalue weighted by Gasteiger charge is 2.50. The molecule has 1 unspecified atom stereocenters. The van der Waals surface area contributed by atoms with Gasteiger partial charge in [-0.05, 0) is 32.2 Å². The Bertz CT molecular complexity index is 3860. The van der Waals surface area contributed by atoms with Gasteiger partial charge < -0.3 is 159 Å². The summed E-state index contributed by atoms with van der Waals surface area (Å²) in [5.74, 6) is -2.41. The molecule has 4 aromatic heterocycles. The maximum atomic E-state index is 15.2. The van der Waals surface area contributed by atoms with Gasteiger partial charge in [-0.1, -0.05) is 40.1 Å². The van der Waals surface area contributed by atoms with E-state index in [2.05, 4.69) is 72.7 Å². The smallest absolute Gasteiger partial charge is 0.394 e. The van der Waals surface area contributed by atoms with Gasteiger partial charge >= 0.3 is 7.82 Å². The molecule has 55 heteroatoms. The molecule has 0 radical (unpaired) electrons. The van der Waals surface area contributed by atoms with Crippen LogP contribution in [0.3, 0.4) is 0 Å². The van der Waals surface area contributed by atoms with E-state index in [0.717, 1.165) is 0 Å². The molecule has 0 saturated carbocycles. The Kier molecular flexibility index (Phi) is 46.5. The second-order valence-electron chi connectivity index (χ2n) is 32.1. The standard InChI is InChI=1S/C77H132N19O35P/c1-46(101)79-60-68(109)64(105)56(42-97)127-74(60)122-30-26-117-22-16-93-38-50(83-87-93)34-91(35-51-39-94(88-84-51)17-23-118-27-31-123-75-61(80-47(2)102)69(110)65(106)57(43-98)128-75)15-10-8-12-54(72(113)78-14-9-6-7-11-20-126-132(114,115)131-55-13-21-121-73(55)116-5)92(36-52-40-95(89-85-52)18-24-119-28-32-124-76-62(81-48(3)103)70(111)66(107)58(44-99)129-76)37-53-41-96(90-86-53)19-25-120-29-33-125-77-63(82-49(4)104)71(112)67(108)59(45-100)130-77/h38-41,54-71,73-77,97-100,105-112H,6-37,42-45H2,1-5H3,(H,78,113)(H,79,101)(H,80,102)(H,81,103)(H,82,104)(H,114,115)/t54-,55+,56+,57+,58+,59+,60+,61+,62+,63+,64-,65-,66-,67-,68+,69+,70+,71+,73-,74+,75+,76+,77+/m0/s1. The number of nitrogens with one attached hydrogen (secondary N) is 5. The molecular formula is C77H132N19O35P. The van der Waals surface area contributed by atoms with Crippen LogP contribution in [0.5, 0.6) is 0 Å². The SMILES string of the molecule is CO[C@H]1OCC[C@H]1OP(=O)(O)OCCCCCCNC(=O)[C@H](CCCCN(Cc1cn(CCOCCO[C@@H]2O[C@H](CO)[C@H](O)[C@H](O)[C@H]2NC(C)=O)nn1)Cc1cn(CCOCCO[C@@H]2O[C@H](CO)[C@H](O)[C@H](O)[C@H]2NC(C)=O)nn1)N(Cc1cn(CCOCCO[C@@H]2O[C@H](CO)[C@H](O)[C@H](O)[C@H]2NC(C)=O)nn1)Cc1cn(CCOCCO[C@@H]2O[C@H](CO)[C@H](O)[C@H](O)[C@H]2NC(C)=O)nn1. The fourth-order valence-electron chi connectivity index (χ4n) is 15.1. The third-order valence-electron chi connectivity index (χ3n) is 21.8. The lowest BCUT2D eigenvalue weighted by Crippen LogP contribution is -2.64. The number of nitrogens with zero attached hydrogens (tertiary/aromatic N) is 14. The molecule has 0 aromatic carbocycles. The number of aliphatic hydroxyl groups excluding tert-OH is 12. The Morgan fingerprint density at radius 3 is 1.12 bits per heavy atom. The van der Waals surface area contributed by atoms with Gasteiger partial charge in [0, 0.05) is 98.7 Å². The number of amides is 5. The van der Waals surface area contributed by atoms with E-state index in [-0.39, 0.29) is 164 Å². The number of ether oxygens (including phenoxy) is 14. The minimum Gasteiger partial charge on any atom is -0.394 e. The average Bonchev–Trinajstić information content (AvgIpc) is 1.09. The highest BCUT2D eigenvalue weighted by atomic mass is 31.2. The van der Waals surface area contributed by atoms with Gasteiger partial charge in [-0.3, -0.25) is 42.8 Å². The lowest BCUT2D eigenvalue weighted by Gasteiger charge is -2.42. The van der Waals surface area contributed by atoms with Crippen LogP contribution < -0.4 is 26.6 Å². The first kappa shape index (κ1) is 109. The summed E-state index contributed by atoms with van der Waals surface area (Å²) in [7, 11) is -3.06. The summed E-state index contributed by atoms with van der Waals surface area (Å²) in [6, 6.07) is -5.51. The minimum absolute atomic E-state index is 0.000419. The van der Waals surface area contributed by atoms with Crippen molar-refractivity contribution in [2.24, 2.45) is 0 Å². The van der Waals surface area contributed by atoms with Crippen molar-refractivity contribution in [2.45, 2.75) is 272 Å². The van der Waals surface area contributed by atoms with E-state index in [1.807, 2.05) is 4.90 Å². The van der Waals surface area contributed by atoms with Gasteiger partial charge in [0.15, 0.2) is 31.5 Å². The second-order valence-corrected chi connectivity index (χ2v) is 33.5. The molecular weight excluding hydrogens is 1780 g/mol. The van der Waals surface area contributed by atoms with Crippen LogP contribution in [-0.2, 0) is 156 Å². The molecule has 18 N–H and O–H groups in total. The molecule has 5 amide bonds. The normalized spacial score (nSPS) is 28.2. The number of carbonyl (C=O) groups excluding carboxylic acids is 5. The van der Waals surface area contributed by atoms with E-state index >= 15 is 4.79 Å². The molecule has 54 nitrogen and oxygen atoms in total. The third-order valence-corrected chi connectivity index (χ3v) is 22.9. The van der Waals surface area contributed by atoms with Crippen molar-refractivity contribution in [3.05, 3.63) is 47.6 Å². The van der Waals surface area contributed by atoms with Crippen molar-refractivity contribution in [2.75, 3.05) is 139 Å². The first-order valence-corrected chi connectivity index (χ1v) is 45.4. The molecule has 0 spiro atoms. The zero-order valence-corrected chi connectivity index (χ0v) is 75.4. The third kappa shape index (κ3) is 34.9. The number of carbonyl (C=O) groups is 5. The number of aromatic nitrogens is 12. The number of phosphoric ester groups is 1. The van der Waals surface area contributed by atoms with Crippen molar-refractivity contribution in [1.82, 2.24) is 96.4 Å². The number of methoxy groups -OCH3 is 1. The van der Waals surface area contributed by atoms with Gasteiger partial charge in [-0.2, -0.15) is 0 Å². The van der Waals surface area contributed by atoms with Crippen molar-refractivity contribution < 1.29 is 170 Å². The largest absolute Gasteiger partial charge is 0.472 e. The van der Waals surface area contributed by atoms with Crippen LogP contribution in [0.15, 0.2) is 24.8 Å². The molecule has 4 aromatic rings. The molecule has 9 heterocycles. The van der Waals surface area contributed by atoms with Gasteiger partial charge in [-0.15, -0.1) is 20.4 Å². The highest BCUT2D eigenvalue weighted by Crippen LogP contribution is 2.47. The maximum Gasteiger partial charge on any atom is 0.472 e. The number of unbranched alkanes of at least 4 members (excludes halogenated alkanes) is 4. The predicted molar refractivity (Wildman–Crippen MR) is 443 cm³/mol. The van der Waals surface area contributed by atoms with Gasteiger partial charge in [-0.25, -0.2) is 23.3 Å². The lowest BCUT2D eigenvalue weighted by molar-refractivity contribution is -0.272.